The number of hydrazone groups is 1. The molecule has 0 bridgehead atoms. The van der Waals surface area contributed by atoms with Gasteiger partial charge < -0.3 is 4.42 Å². The van der Waals surface area contributed by atoms with Gasteiger partial charge in [0.25, 0.3) is 0 Å². The maximum Gasteiger partial charge on any atom is 0.306 e. The van der Waals surface area contributed by atoms with E-state index in [0.29, 0.717) is 23.3 Å². The molecule has 5 rings (SSSR count). The van der Waals surface area contributed by atoms with Crippen LogP contribution in [0.25, 0.3) is 0 Å². The number of hydrogen-bond acceptors (Lipinski definition) is 12. The Labute approximate surface area is 147 Å². The van der Waals surface area contributed by atoms with Crippen molar-refractivity contribution in [2.75, 3.05) is 15.2 Å². The van der Waals surface area contributed by atoms with Gasteiger partial charge in [0.05, 0.1) is 16.5 Å². The number of tetrazole rings is 1. The number of hydrogen-bond donors (Lipinski definition) is 1. The SMILES string of the molecule is c1csc(C2=NN(c3ccoc3)N(c3nn[nH]n3)N2c2csnn2)c1. The standard InChI is InChI=1S/C12H8N10OS2/c1-2-9(24-5-1)11-16-21(8-3-4-23-6-8)22(12-14-17-18-15-12)20(11)10-7-25-19-13-10/h1-7H,(H,14,15,17,18). The van der Waals surface area contributed by atoms with Crippen LogP contribution in [0.15, 0.2) is 51.0 Å². The number of nitrogens with zero attached hydrogens (tertiary/aromatic N) is 9. The maximum atomic E-state index is 5.20. The average Bonchev–Trinajstić information content (AvgIpc) is 3.48. The summed E-state index contributed by atoms with van der Waals surface area (Å²) in [5.74, 6) is 1.55. The van der Waals surface area contributed by atoms with Gasteiger partial charge in [0.15, 0.2) is 11.7 Å². The first-order chi connectivity index (χ1) is 12.4. The molecule has 0 fully saturated rings. The van der Waals surface area contributed by atoms with Gasteiger partial charge in [0, 0.05) is 6.07 Å². The molecule has 0 amide bonds. The minimum atomic E-state index is 0.296. The number of thiophene rings is 1. The van der Waals surface area contributed by atoms with Gasteiger partial charge in [-0.15, -0.1) is 36.9 Å². The molecule has 4 aromatic rings. The summed E-state index contributed by atoms with van der Waals surface area (Å²) in [4.78, 5) is 0.951. The van der Waals surface area contributed by atoms with Gasteiger partial charge in [-0.1, -0.05) is 15.7 Å². The van der Waals surface area contributed by atoms with Crippen molar-refractivity contribution in [3.8, 4) is 0 Å². The van der Waals surface area contributed by atoms with Crippen LogP contribution in [0.5, 0.6) is 0 Å². The van der Waals surface area contributed by atoms with Crippen LogP contribution >= 0.6 is 22.9 Å². The highest BCUT2D eigenvalue weighted by Gasteiger charge is 2.40. The van der Waals surface area contributed by atoms with E-state index in [2.05, 4.69) is 30.2 Å². The molecule has 5 heterocycles. The number of nitrogens with one attached hydrogen (secondary N) is 1. The molecule has 1 aliphatic rings. The van der Waals surface area contributed by atoms with Gasteiger partial charge in [0.2, 0.25) is 0 Å². The number of aromatic nitrogens is 6. The van der Waals surface area contributed by atoms with Crippen molar-refractivity contribution < 1.29 is 4.42 Å². The van der Waals surface area contributed by atoms with Crippen molar-refractivity contribution in [2.45, 2.75) is 0 Å². The predicted octanol–water partition coefficient (Wildman–Crippen LogP) is 1.73. The van der Waals surface area contributed by atoms with Crippen LogP contribution in [-0.4, -0.2) is 36.0 Å². The molecule has 0 saturated carbocycles. The molecule has 11 nitrogen and oxygen atoms in total. The second kappa shape index (κ2) is 5.64. The molecule has 1 aliphatic heterocycles. The summed E-state index contributed by atoms with van der Waals surface area (Å²) in [6.45, 7) is 0. The number of anilines is 3. The van der Waals surface area contributed by atoms with Crippen molar-refractivity contribution in [3.63, 3.8) is 0 Å². The summed E-state index contributed by atoms with van der Waals surface area (Å²) in [5.41, 5.74) is 0.699. The average molecular weight is 372 g/mol. The number of aromatic amines is 1. The molecule has 0 atom stereocenters. The normalized spacial score (nSPS) is 14.4. The molecule has 1 N–H and O–H groups in total. The van der Waals surface area contributed by atoms with E-state index in [9.17, 15) is 0 Å². The zero-order valence-corrected chi connectivity index (χ0v) is 13.9. The number of hydrazine groups is 2. The Balaban J connectivity index is 1.70. The van der Waals surface area contributed by atoms with Gasteiger partial charge >= 0.3 is 5.95 Å². The first-order valence-corrected chi connectivity index (χ1v) is 8.69. The molecule has 0 saturated heterocycles. The summed E-state index contributed by atoms with van der Waals surface area (Å²) in [6, 6.07) is 5.72. The largest absolute Gasteiger partial charge is 0.470 e. The molecule has 124 valence electrons. The third-order valence-electron chi connectivity index (χ3n) is 3.32. The fourth-order valence-electron chi connectivity index (χ4n) is 2.32. The fourth-order valence-corrected chi connectivity index (χ4v) is 3.43. The zero-order valence-electron chi connectivity index (χ0n) is 12.3. The van der Waals surface area contributed by atoms with Crippen molar-refractivity contribution in [1.82, 2.24) is 30.2 Å². The fraction of sp³-hybridized carbons (Fsp3) is 0. The lowest BCUT2D eigenvalue weighted by atomic mass is 10.4. The lowest BCUT2D eigenvalue weighted by Gasteiger charge is -2.29. The molecule has 0 radical (unpaired) electrons. The van der Waals surface area contributed by atoms with Gasteiger partial charge in [-0.05, 0) is 28.2 Å². The summed E-state index contributed by atoms with van der Waals surface area (Å²) in [7, 11) is 0. The molecule has 0 unspecified atom stereocenters. The maximum absolute atomic E-state index is 5.20. The predicted molar refractivity (Wildman–Crippen MR) is 91.1 cm³/mol. The van der Waals surface area contributed by atoms with Crippen LogP contribution in [0.3, 0.4) is 0 Å². The highest BCUT2D eigenvalue weighted by Crippen LogP contribution is 2.33. The van der Waals surface area contributed by atoms with Gasteiger partial charge in [-0.2, -0.15) is 10.2 Å². The Morgan fingerprint density at radius 3 is 2.88 bits per heavy atom. The molecule has 25 heavy (non-hydrogen) atoms. The smallest absolute Gasteiger partial charge is 0.306 e. The molecule has 0 spiro atoms. The first-order valence-electron chi connectivity index (χ1n) is 6.97. The van der Waals surface area contributed by atoms with Crippen LogP contribution in [0, 0.1) is 0 Å². The van der Waals surface area contributed by atoms with Gasteiger partial charge in [0.1, 0.15) is 12.0 Å². The van der Waals surface area contributed by atoms with E-state index in [1.54, 1.807) is 45.2 Å². The molecule has 0 aliphatic carbocycles. The van der Waals surface area contributed by atoms with E-state index in [-0.39, 0.29) is 0 Å². The lowest BCUT2D eigenvalue weighted by molar-refractivity contribution is 0.566. The van der Waals surface area contributed by atoms with Gasteiger partial charge in [-0.3, -0.25) is 0 Å². The zero-order chi connectivity index (χ0) is 16.6. The molecule has 4 aromatic heterocycles. The van der Waals surface area contributed by atoms with E-state index in [0.717, 1.165) is 4.88 Å². The van der Waals surface area contributed by atoms with E-state index in [4.69, 9.17) is 9.52 Å². The van der Waals surface area contributed by atoms with E-state index in [1.807, 2.05) is 22.9 Å². The third-order valence-corrected chi connectivity index (χ3v) is 4.67. The van der Waals surface area contributed by atoms with Crippen LogP contribution in [0.4, 0.5) is 17.5 Å². The Bertz CT molecular complexity index is 964. The summed E-state index contributed by atoms with van der Waals surface area (Å²) in [5, 5.41) is 32.0. The number of furan rings is 1. The van der Waals surface area contributed by atoms with Crippen molar-refractivity contribution >= 4 is 46.2 Å². The second-order valence-corrected chi connectivity index (χ2v) is 6.31. The quantitative estimate of drug-likeness (QED) is 0.571. The molecule has 0 aromatic carbocycles. The molecule has 13 heteroatoms. The second-order valence-electron chi connectivity index (χ2n) is 4.75. The number of H-pyrrole nitrogens is 1. The summed E-state index contributed by atoms with van der Waals surface area (Å²) >= 11 is 2.80. The van der Waals surface area contributed by atoms with Crippen molar-refractivity contribution in [1.29, 1.82) is 0 Å². The van der Waals surface area contributed by atoms with E-state index >= 15 is 0 Å². The minimum absolute atomic E-state index is 0.296. The van der Waals surface area contributed by atoms with Crippen molar-refractivity contribution in [3.05, 3.63) is 46.4 Å². The topological polar surface area (TPSA) is 115 Å². The Hall–Kier alpha value is -3.32. The highest BCUT2D eigenvalue weighted by atomic mass is 32.1. The molecular formula is C12H8N10OS2. The van der Waals surface area contributed by atoms with Crippen LogP contribution in [-0.2, 0) is 0 Å². The Kier molecular flexibility index (Phi) is 3.17. The van der Waals surface area contributed by atoms with Crippen LogP contribution in [0.2, 0.25) is 0 Å². The summed E-state index contributed by atoms with van der Waals surface area (Å²) in [6.07, 6.45) is 3.14. The Morgan fingerprint density at radius 1 is 1.20 bits per heavy atom. The third kappa shape index (κ3) is 2.25. The van der Waals surface area contributed by atoms with Crippen molar-refractivity contribution in [2.24, 2.45) is 5.10 Å². The summed E-state index contributed by atoms with van der Waals surface area (Å²) < 4.78 is 9.16. The van der Waals surface area contributed by atoms with Gasteiger partial charge in [-0.25, -0.2) is 0 Å². The van der Waals surface area contributed by atoms with Crippen LogP contribution in [0.1, 0.15) is 4.88 Å². The van der Waals surface area contributed by atoms with E-state index in [1.165, 1.54) is 11.5 Å². The number of rotatable bonds is 4. The number of amidine groups is 1. The highest BCUT2D eigenvalue weighted by molar-refractivity contribution is 7.12. The molecular weight excluding hydrogens is 364 g/mol. The Morgan fingerprint density at radius 2 is 2.20 bits per heavy atom. The lowest BCUT2D eigenvalue weighted by Crippen LogP contribution is -2.49. The first kappa shape index (κ1) is 14.1. The monoisotopic (exact) mass is 372 g/mol. The van der Waals surface area contributed by atoms with E-state index < -0.39 is 0 Å². The van der Waals surface area contributed by atoms with Crippen LogP contribution < -0.4 is 15.2 Å². The minimum Gasteiger partial charge on any atom is -0.470 e.